The van der Waals surface area contributed by atoms with Crippen molar-refractivity contribution in [3.8, 4) is 33.7 Å². The molecule has 0 fully saturated rings. The first-order chi connectivity index (χ1) is 26.3. The topological polar surface area (TPSA) is 38.9 Å². The molecule has 2 aromatic heterocycles. The molecule has 0 saturated heterocycles. The Kier molecular flexibility index (Phi) is 6.68. The van der Waals surface area contributed by atoms with Gasteiger partial charge in [0, 0.05) is 17.7 Å². The highest BCUT2D eigenvalue weighted by Crippen LogP contribution is 2.45. The van der Waals surface area contributed by atoms with Crippen LogP contribution in [0.3, 0.4) is 0 Å². The number of fused-ring (bicyclic) bond motifs is 8. The summed E-state index contributed by atoms with van der Waals surface area (Å²) in [5.74, 6) is 0.977. The van der Waals surface area contributed by atoms with Crippen LogP contribution in [0.4, 0.5) is 0 Å². The Morgan fingerprint density at radius 1 is 0.528 bits per heavy atom. The molecule has 0 spiro atoms. The third-order valence-electron chi connectivity index (χ3n) is 11.1. The molecule has 0 amide bonds. The van der Waals surface area contributed by atoms with Crippen LogP contribution in [-0.4, -0.2) is 9.97 Å². The van der Waals surface area contributed by atoms with Gasteiger partial charge in [0.05, 0.1) is 0 Å². The van der Waals surface area contributed by atoms with E-state index in [-0.39, 0.29) is 0 Å². The summed E-state index contributed by atoms with van der Waals surface area (Å²) in [7, 11) is 0. The normalized spacial score (nSPS) is 15.4. The third kappa shape index (κ3) is 4.82. The predicted molar refractivity (Wildman–Crippen MR) is 221 cm³/mol. The van der Waals surface area contributed by atoms with Crippen molar-refractivity contribution in [2.24, 2.45) is 5.92 Å². The predicted octanol–water partition coefficient (Wildman–Crippen LogP) is 13.3. The molecule has 0 aliphatic heterocycles. The Balaban J connectivity index is 1.19. The molecule has 1 atom stereocenters. The number of rotatable bonds is 4. The largest absolute Gasteiger partial charge is 0.434 e. The van der Waals surface area contributed by atoms with E-state index < -0.39 is 0 Å². The van der Waals surface area contributed by atoms with Crippen molar-refractivity contribution in [1.29, 1.82) is 0 Å². The second-order valence-corrected chi connectivity index (χ2v) is 14.1. The van der Waals surface area contributed by atoms with Gasteiger partial charge >= 0.3 is 0 Å². The summed E-state index contributed by atoms with van der Waals surface area (Å²) in [6.07, 6.45) is 16.5. The first-order valence-corrected chi connectivity index (χ1v) is 18.3. The first-order valence-electron chi connectivity index (χ1n) is 18.3. The van der Waals surface area contributed by atoms with Gasteiger partial charge in [-0.05, 0) is 131 Å². The molecule has 0 radical (unpaired) electrons. The second kappa shape index (κ2) is 11.9. The summed E-state index contributed by atoms with van der Waals surface area (Å²) < 4.78 is 6.12. The first kappa shape index (κ1) is 29.8. The van der Waals surface area contributed by atoms with E-state index in [2.05, 4.69) is 162 Å². The van der Waals surface area contributed by atoms with E-state index in [1.165, 1.54) is 70.9 Å². The zero-order valence-electron chi connectivity index (χ0n) is 28.8. The number of hydrogen-bond donors (Lipinski definition) is 0. The van der Waals surface area contributed by atoms with E-state index in [1.807, 2.05) is 18.2 Å². The van der Waals surface area contributed by atoms with Crippen molar-refractivity contribution in [1.82, 2.24) is 9.97 Å². The molecule has 3 nitrogen and oxygen atoms in total. The van der Waals surface area contributed by atoms with Crippen LogP contribution in [0.1, 0.15) is 12.0 Å². The molecule has 11 rings (SSSR count). The van der Waals surface area contributed by atoms with Gasteiger partial charge in [-0.1, -0.05) is 127 Å². The van der Waals surface area contributed by atoms with E-state index >= 15 is 0 Å². The molecule has 1 unspecified atom stereocenters. The Bertz CT molecular complexity index is 3060. The van der Waals surface area contributed by atoms with Crippen molar-refractivity contribution in [3.05, 3.63) is 187 Å². The maximum absolute atomic E-state index is 6.12. The van der Waals surface area contributed by atoms with E-state index in [9.17, 15) is 0 Å². The van der Waals surface area contributed by atoms with E-state index in [0.29, 0.717) is 23.0 Å². The third-order valence-corrected chi connectivity index (χ3v) is 11.1. The smallest absolute Gasteiger partial charge is 0.228 e. The van der Waals surface area contributed by atoms with Gasteiger partial charge in [-0.2, -0.15) is 4.98 Å². The lowest BCUT2D eigenvalue weighted by Gasteiger charge is -2.24. The summed E-state index contributed by atoms with van der Waals surface area (Å²) in [6, 6.07) is 48.4. The van der Waals surface area contributed by atoms with Gasteiger partial charge < -0.3 is 4.42 Å². The van der Waals surface area contributed by atoms with Crippen molar-refractivity contribution in [2.45, 2.75) is 6.42 Å². The summed E-state index contributed by atoms with van der Waals surface area (Å²) in [6.45, 7) is 0. The highest BCUT2D eigenvalue weighted by molar-refractivity contribution is 6.24. The molecule has 2 heterocycles. The lowest BCUT2D eigenvalue weighted by Crippen LogP contribution is -2.07. The van der Waals surface area contributed by atoms with Crippen LogP contribution < -0.4 is 0 Å². The molecule has 248 valence electrons. The highest BCUT2D eigenvalue weighted by atomic mass is 16.3. The number of oxazole rings is 1. The van der Waals surface area contributed by atoms with E-state index in [4.69, 9.17) is 4.42 Å². The maximum Gasteiger partial charge on any atom is 0.228 e. The minimum absolute atomic E-state index is 0.407. The average molecular weight is 677 g/mol. The Morgan fingerprint density at radius 3 is 2.23 bits per heavy atom. The summed E-state index contributed by atoms with van der Waals surface area (Å²) >= 11 is 0. The molecule has 3 heteroatoms. The molecule has 7 aromatic carbocycles. The molecule has 9 aromatic rings. The molecule has 0 bridgehead atoms. The van der Waals surface area contributed by atoms with Crippen LogP contribution in [0, 0.1) is 5.92 Å². The van der Waals surface area contributed by atoms with Crippen molar-refractivity contribution >= 4 is 59.9 Å². The van der Waals surface area contributed by atoms with E-state index in [1.54, 1.807) is 6.20 Å². The Morgan fingerprint density at radius 2 is 1.30 bits per heavy atom. The number of benzene rings is 7. The molecule has 0 N–H and O–H groups in total. The molecule has 2 aliphatic carbocycles. The van der Waals surface area contributed by atoms with Crippen molar-refractivity contribution < 1.29 is 4.42 Å². The van der Waals surface area contributed by atoms with Crippen molar-refractivity contribution in [2.75, 3.05) is 0 Å². The second-order valence-electron chi connectivity index (χ2n) is 14.1. The number of pyridine rings is 1. The SMILES string of the molecule is C1=CC2=C(c3cc4c5ccc(-c6cccc(-c7nc8ncccc8o7)c6)cc5c(-c5cccc6ccccc56)cc4c4ccccc34)C=CCC2C=C1. The molecular formula is C50H32N2O. The molecule has 2 aliphatic rings. The maximum atomic E-state index is 6.12. The molecular weight excluding hydrogens is 645 g/mol. The number of hydrogen-bond acceptors (Lipinski definition) is 3. The van der Waals surface area contributed by atoms with Gasteiger partial charge in [-0.25, -0.2) is 4.98 Å². The molecule has 0 saturated carbocycles. The van der Waals surface area contributed by atoms with Crippen LogP contribution in [0.5, 0.6) is 0 Å². The Hall–Kier alpha value is -6.84. The monoisotopic (exact) mass is 676 g/mol. The van der Waals surface area contributed by atoms with Gasteiger partial charge in [0.15, 0.2) is 11.2 Å². The molecule has 53 heavy (non-hydrogen) atoms. The van der Waals surface area contributed by atoms with Crippen LogP contribution in [0.2, 0.25) is 0 Å². The summed E-state index contributed by atoms with van der Waals surface area (Å²) in [5, 5.41) is 10.0. The van der Waals surface area contributed by atoms with Crippen LogP contribution in [0.25, 0.3) is 93.6 Å². The summed E-state index contributed by atoms with van der Waals surface area (Å²) in [4.78, 5) is 9.07. The zero-order chi connectivity index (χ0) is 34.9. The van der Waals surface area contributed by atoms with E-state index in [0.717, 1.165) is 23.1 Å². The van der Waals surface area contributed by atoms with Crippen LogP contribution in [-0.2, 0) is 0 Å². The van der Waals surface area contributed by atoms with Gasteiger partial charge in [0.2, 0.25) is 5.89 Å². The van der Waals surface area contributed by atoms with Gasteiger partial charge in [0.1, 0.15) is 0 Å². The average Bonchev–Trinajstić information content (AvgIpc) is 3.67. The highest BCUT2D eigenvalue weighted by Gasteiger charge is 2.22. The van der Waals surface area contributed by atoms with Gasteiger partial charge in [-0.15, -0.1) is 0 Å². The minimum atomic E-state index is 0.407. The number of aromatic nitrogens is 2. The van der Waals surface area contributed by atoms with Gasteiger partial charge in [-0.3, -0.25) is 0 Å². The fourth-order valence-corrected chi connectivity index (χ4v) is 8.56. The number of allylic oxidation sites excluding steroid dienone is 8. The quantitative estimate of drug-likeness (QED) is 0.174. The van der Waals surface area contributed by atoms with Crippen molar-refractivity contribution in [3.63, 3.8) is 0 Å². The lowest BCUT2D eigenvalue weighted by molar-refractivity contribution is 0.619. The zero-order valence-corrected chi connectivity index (χ0v) is 28.8. The van der Waals surface area contributed by atoms with Crippen LogP contribution in [0.15, 0.2) is 186 Å². The fraction of sp³-hybridized carbons (Fsp3) is 0.0400. The Labute approximate surface area is 306 Å². The summed E-state index contributed by atoms with van der Waals surface area (Å²) in [5.41, 5.74) is 10.9. The van der Waals surface area contributed by atoms with Crippen LogP contribution >= 0.6 is 0 Å². The lowest BCUT2D eigenvalue weighted by atomic mass is 9.79. The standard InChI is InChI=1S/C50H32N2O/c1-3-17-36-31(11-1)13-8-21-38(36)44-29-47-42-25-24-34(33-15-7-16-35(27-33)50-52-49-48(53-50)23-10-26-51-49)28-43(42)45(30-46(47)41-20-6-5-19-40(41)44)39-22-9-14-32-12-2-4-18-37(32)39/h1-12,14-31H,13H2. The van der Waals surface area contributed by atoms with Gasteiger partial charge in [0.25, 0.3) is 0 Å². The number of nitrogens with zero attached hydrogens (tertiary/aromatic N) is 2. The minimum Gasteiger partial charge on any atom is -0.434 e. The fourth-order valence-electron chi connectivity index (χ4n) is 8.56.